The van der Waals surface area contributed by atoms with Crippen molar-refractivity contribution in [1.82, 2.24) is 0 Å². The predicted molar refractivity (Wildman–Crippen MR) is 50.5 cm³/mol. The lowest BCUT2D eigenvalue weighted by molar-refractivity contribution is -0.111. The molecule has 13 heavy (non-hydrogen) atoms. The molecule has 4 heteroatoms. The molecule has 0 fully saturated rings. The van der Waals surface area contributed by atoms with Gasteiger partial charge < -0.3 is 4.55 Å². The Labute approximate surface area is 79.1 Å². The van der Waals surface area contributed by atoms with Crippen LogP contribution in [-0.2, 0) is 22.3 Å². The Morgan fingerprint density at radius 2 is 1.92 bits per heavy atom. The highest BCUT2D eigenvalue weighted by molar-refractivity contribution is 7.95. The van der Waals surface area contributed by atoms with Crippen molar-refractivity contribution in [1.29, 1.82) is 0 Å². The van der Waals surface area contributed by atoms with Crippen LogP contribution < -0.4 is 0 Å². The number of aryl methyl sites for hydroxylation is 1. The van der Waals surface area contributed by atoms with Crippen LogP contribution in [0.5, 0.6) is 0 Å². The summed E-state index contributed by atoms with van der Waals surface area (Å²) in [6.07, 6.45) is 0.638. The number of rotatable bonds is 3. The zero-order valence-corrected chi connectivity index (χ0v) is 7.79. The van der Waals surface area contributed by atoms with Crippen molar-refractivity contribution >= 4 is 16.2 Å². The minimum Gasteiger partial charge on any atom is -0.300 e. The molecular formula is C9H10O3S. The molecule has 1 aromatic carbocycles. The summed E-state index contributed by atoms with van der Waals surface area (Å²) >= 11 is -2.32. The van der Waals surface area contributed by atoms with Crippen LogP contribution in [0.1, 0.15) is 12.0 Å². The largest absolute Gasteiger partial charge is 0.300 e. The number of hydrogen-bond donors (Lipinski definition) is 1. The molecule has 70 valence electrons. The molecule has 0 aliphatic carbocycles. The van der Waals surface area contributed by atoms with Crippen LogP contribution in [0.4, 0.5) is 0 Å². The summed E-state index contributed by atoms with van der Waals surface area (Å²) < 4.78 is 18.7. The Morgan fingerprint density at radius 1 is 1.31 bits per heavy atom. The Bertz CT molecular complexity index is 308. The average Bonchev–Trinajstić information content (AvgIpc) is 2.15. The second kappa shape index (κ2) is 4.89. The van der Waals surface area contributed by atoms with Crippen LogP contribution in [0.3, 0.4) is 0 Å². The van der Waals surface area contributed by atoms with Crippen LogP contribution in [-0.4, -0.2) is 13.9 Å². The van der Waals surface area contributed by atoms with Gasteiger partial charge >= 0.3 is 0 Å². The lowest BCUT2D eigenvalue weighted by atomic mass is 10.1. The summed E-state index contributed by atoms with van der Waals surface area (Å²) in [6, 6.07) is 9.39. The molecular weight excluding hydrogens is 188 g/mol. The van der Waals surface area contributed by atoms with Gasteiger partial charge in [-0.15, -0.1) is 0 Å². The molecule has 0 amide bonds. The fraction of sp³-hybridized carbons (Fsp3) is 0.222. The molecule has 0 aromatic heterocycles. The number of hydrogen-bond acceptors (Lipinski definition) is 2. The van der Waals surface area contributed by atoms with Crippen molar-refractivity contribution < 1.29 is 13.6 Å². The Balaban J connectivity index is 2.44. The third-order valence-electron chi connectivity index (χ3n) is 1.66. The first kappa shape index (κ1) is 10.1. The molecule has 0 aliphatic heterocycles. The molecule has 0 aliphatic rings. The van der Waals surface area contributed by atoms with Gasteiger partial charge in [-0.2, -0.15) is 0 Å². The van der Waals surface area contributed by atoms with Gasteiger partial charge in [-0.1, -0.05) is 30.3 Å². The van der Waals surface area contributed by atoms with Gasteiger partial charge in [-0.05, 0) is 12.0 Å². The lowest BCUT2D eigenvalue weighted by Crippen LogP contribution is -2.06. The van der Waals surface area contributed by atoms with Crippen LogP contribution in [0.2, 0.25) is 0 Å². The first-order valence-electron chi connectivity index (χ1n) is 3.88. The standard InChI is InChI=1S/C9H10O3S/c10-9(13(11)12)7-6-8-4-2-1-3-5-8/h1-5H,6-7H2,(H,11,12). The highest BCUT2D eigenvalue weighted by Gasteiger charge is 2.07. The molecule has 1 atom stereocenters. The van der Waals surface area contributed by atoms with E-state index in [2.05, 4.69) is 0 Å². The molecule has 1 unspecified atom stereocenters. The first-order chi connectivity index (χ1) is 6.20. The quantitative estimate of drug-likeness (QED) is 0.746. The summed E-state index contributed by atoms with van der Waals surface area (Å²) in [4.78, 5) is 10.8. The fourth-order valence-corrected chi connectivity index (χ4v) is 1.26. The molecule has 0 saturated heterocycles. The molecule has 1 aromatic rings. The molecule has 0 bridgehead atoms. The van der Waals surface area contributed by atoms with Crippen molar-refractivity contribution in [2.45, 2.75) is 12.8 Å². The molecule has 1 N–H and O–H groups in total. The van der Waals surface area contributed by atoms with Gasteiger partial charge in [0.2, 0.25) is 16.2 Å². The maximum Gasteiger partial charge on any atom is 0.246 e. The molecule has 1 rings (SSSR count). The van der Waals surface area contributed by atoms with E-state index in [-0.39, 0.29) is 6.42 Å². The van der Waals surface area contributed by atoms with Crippen molar-refractivity contribution in [3.8, 4) is 0 Å². The number of carbonyl (C=O) groups is 1. The summed E-state index contributed by atoms with van der Waals surface area (Å²) in [7, 11) is 0. The van der Waals surface area contributed by atoms with Gasteiger partial charge in [0.1, 0.15) is 0 Å². The minimum absolute atomic E-state index is 0.118. The normalized spacial score (nSPS) is 12.4. The van der Waals surface area contributed by atoms with Crippen LogP contribution in [0.25, 0.3) is 0 Å². The van der Waals surface area contributed by atoms with Crippen molar-refractivity contribution in [2.24, 2.45) is 0 Å². The first-order valence-corrected chi connectivity index (χ1v) is 4.98. The molecule has 3 nitrogen and oxygen atoms in total. The van der Waals surface area contributed by atoms with Crippen LogP contribution in [0.15, 0.2) is 30.3 Å². The molecule has 0 saturated carbocycles. The third kappa shape index (κ3) is 3.48. The second-order valence-electron chi connectivity index (χ2n) is 2.61. The van der Waals surface area contributed by atoms with E-state index < -0.39 is 16.2 Å². The summed E-state index contributed by atoms with van der Waals surface area (Å²) in [5, 5.41) is -0.621. The zero-order valence-electron chi connectivity index (χ0n) is 6.97. The highest BCUT2D eigenvalue weighted by Crippen LogP contribution is 2.03. The van der Waals surface area contributed by atoms with E-state index in [0.29, 0.717) is 6.42 Å². The second-order valence-corrected chi connectivity index (χ2v) is 3.56. The average molecular weight is 198 g/mol. The van der Waals surface area contributed by atoms with Gasteiger partial charge in [0, 0.05) is 6.42 Å². The van der Waals surface area contributed by atoms with Crippen molar-refractivity contribution in [3.63, 3.8) is 0 Å². The predicted octanol–water partition coefficient (Wildman–Crippen LogP) is 1.37. The van der Waals surface area contributed by atoms with Gasteiger partial charge in [0.15, 0.2) is 0 Å². The smallest absolute Gasteiger partial charge is 0.246 e. The Morgan fingerprint density at radius 3 is 2.46 bits per heavy atom. The van der Waals surface area contributed by atoms with E-state index in [1.807, 2.05) is 30.3 Å². The van der Waals surface area contributed by atoms with E-state index in [9.17, 15) is 9.00 Å². The Hall–Kier alpha value is -1.00. The monoisotopic (exact) mass is 198 g/mol. The lowest BCUT2D eigenvalue weighted by Gasteiger charge is -1.97. The molecule has 0 radical (unpaired) electrons. The number of benzene rings is 1. The van der Waals surface area contributed by atoms with Gasteiger partial charge in [-0.3, -0.25) is 4.79 Å². The maximum absolute atomic E-state index is 10.8. The van der Waals surface area contributed by atoms with E-state index in [1.54, 1.807) is 0 Å². The zero-order chi connectivity index (χ0) is 9.68. The Kier molecular flexibility index (Phi) is 3.79. The molecule has 0 heterocycles. The summed E-state index contributed by atoms with van der Waals surface area (Å²) in [5.74, 6) is 0. The van der Waals surface area contributed by atoms with Crippen LogP contribution >= 0.6 is 0 Å². The van der Waals surface area contributed by atoms with Crippen molar-refractivity contribution in [2.75, 3.05) is 0 Å². The van der Waals surface area contributed by atoms with E-state index in [1.165, 1.54) is 0 Å². The van der Waals surface area contributed by atoms with Gasteiger partial charge in [0.05, 0.1) is 0 Å². The molecule has 0 spiro atoms. The van der Waals surface area contributed by atoms with E-state index in [4.69, 9.17) is 4.55 Å². The third-order valence-corrected chi connectivity index (χ3v) is 2.25. The SMILES string of the molecule is O=C(CCc1ccccc1)S(=O)O. The fourth-order valence-electron chi connectivity index (χ4n) is 0.978. The summed E-state index contributed by atoms with van der Waals surface area (Å²) in [6.45, 7) is 0. The number of carbonyl (C=O) groups excluding carboxylic acids is 1. The maximum atomic E-state index is 10.8. The summed E-state index contributed by atoms with van der Waals surface area (Å²) in [5.41, 5.74) is 1.00. The topological polar surface area (TPSA) is 54.4 Å². The van der Waals surface area contributed by atoms with E-state index in [0.717, 1.165) is 5.56 Å². The van der Waals surface area contributed by atoms with Gasteiger partial charge in [0.25, 0.3) is 0 Å². The van der Waals surface area contributed by atoms with Crippen molar-refractivity contribution in [3.05, 3.63) is 35.9 Å². The minimum atomic E-state index is -2.32. The highest BCUT2D eigenvalue weighted by atomic mass is 32.2. The van der Waals surface area contributed by atoms with Crippen LogP contribution in [0, 0.1) is 0 Å². The van der Waals surface area contributed by atoms with E-state index >= 15 is 0 Å². The van der Waals surface area contributed by atoms with Gasteiger partial charge in [-0.25, -0.2) is 4.21 Å².